The zero-order valence-corrected chi connectivity index (χ0v) is 17.6. The summed E-state index contributed by atoms with van der Waals surface area (Å²) in [7, 11) is -3.54. The summed E-state index contributed by atoms with van der Waals surface area (Å²) in [6, 6.07) is -0.105. The first-order chi connectivity index (χ1) is 11.9. The molecule has 0 aromatic heterocycles. The lowest BCUT2D eigenvalue weighted by atomic mass is 9.96. The Balaban J connectivity index is 0.000000257. The molecule has 0 amide bonds. The minimum atomic E-state index is -4.22. The molecular weight excluding hydrogens is 358 g/mol. The molecule has 1 aliphatic carbocycles. The Morgan fingerprint density at radius 2 is 1.80 bits per heavy atom. The zero-order valence-electron chi connectivity index (χ0n) is 16.0. The number of unbranched alkanes of at least 4 members (excludes halogenated alkanes) is 2. The van der Waals surface area contributed by atoms with Crippen LogP contribution in [0.5, 0.6) is 0 Å². The Morgan fingerprint density at radius 3 is 2.36 bits per heavy atom. The second-order valence-corrected chi connectivity index (χ2v) is 10.9. The van der Waals surface area contributed by atoms with Crippen molar-refractivity contribution in [1.29, 1.82) is 0 Å². The molecule has 0 bridgehead atoms. The van der Waals surface area contributed by atoms with Gasteiger partial charge in [0.15, 0.2) is 10.3 Å². The SMILES string of the molecule is CC[S+](C)CCCCCC1CCCO1.O=S(=O)([O-])NC1CCCCC1. The summed E-state index contributed by atoms with van der Waals surface area (Å²) in [4.78, 5) is 0. The third-order valence-corrected chi connectivity index (χ3v) is 7.55. The highest BCUT2D eigenvalue weighted by molar-refractivity contribution is 7.96. The van der Waals surface area contributed by atoms with E-state index >= 15 is 0 Å². The Labute approximate surface area is 157 Å². The van der Waals surface area contributed by atoms with Gasteiger partial charge in [-0.25, -0.2) is 13.1 Å². The molecule has 1 N–H and O–H groups in total. The van der Waals surface area contributed by atoms with Crippen molar-refractivity contribution in [2.45, 2.75) is 89.7 Å². The van der Waals surface area contributed by atoms with E-state index in [-0.39, 0.29) is 6.04 Å². The van der Waals surface area contributed by atoms with Gasteiger partial charge in [0.1, 0.15) is 11.5 Å². The van der Waals surface area contributed by atoms with Gasteiger partial charge in [0, 0.05) is 12.6 Å². The van der Waals surface area contributed by atoms with Crippen LogP contribution in [-0.4, -0.2) is 49.5 Å². The van der Waals surface area contributed by atoms with Gasteiger partial charge in [-0.3, -0.25) is 0 Å². The van der Waals surface area contributed by atoms with Crippen molar-refractivity contribution < 1.29 is 17.7 Å². The van der Waals surface area contributed by atoms with Crippen LogP contribution in [0.2, 0.25) is 0 Å². The smallest absolute Gasteiger partial charge is 0.159 e. The lowest BCUT2D eigenvalue weighted by Gasteiger charge is -2.23. The number of rotatable bonds is 9. The molecule has 5 nitrogen and oxygen atoms in total. The van der Waals surface area contributed by atoms with E-state index in [0.29, 0.717) is 17.0 Å². The van der Waals surface area contributed by atoms with E-state index in [2.05, 4.69) is 17.9 Å². The molecule has 150 valence electrons. The van der Waals surface area contributed by atoms with Gasteiger partial charge < -0.3 is 9.29 Å². The molecule has 2 rings (SSSR count). The minimum absolute atomic E-state index is 0.105. The van der Waals surface area contributed by atoms with Gasteiger partial charge in [0.2, 0.25) is 0 Å². The predicted molar refractivity (Wildman–Crippen MR) is 106 cm³/mol. The van der Waals surface area contributed by atoms with Crippen molar-refractivity contribution in [3.63, 3.8) is 0 Å². The highest BCUT2D eigenvalue weighted by atomic mass is 32.2. The van der Waals surface area contributed by atoms with Crippen molar-refractivity contribution in [3.05, 3.63) is 0 Å². The van der Waals surface area contributed by atoms with Crippen LogP contribution in [0.3, 0.4) is 0 Å². The highest BCUT2D eigenvalue weighted by Gasteiger charge is 2.15. The molecule has 1 aliphatic heterocycles. The summed E-state index contributed by atoms with van der Waals surface area (Å²) in [5, 5.41) is 0. The first kappa shape index (κ1) is 23.2. The predicted octanol–water partition coefficient (Wildman–Crippen LogP) is 3.36. The molecule has 7 heteroatoms. The molecule has 0 spiro atoms. The summed E-state index contributed by atoms with van der Waals surface area (Å²) in [6.07, 6.45) is 15.9. The van der Waals surface area contributed by atoms with Crippen LogP contribution >= 0.6 is 0 Å². The number of ether oxygens (including phenoxy) is 1. The Kier molecular flexibility index (Phi) is 12.4. The van der Waals surface area contributed by atoms with Crippen molar-refractivity contribution in [2.24, 2.45) is 0 Å². The van der Waals surface area contributed by atoms with E-state index in [1.807, 2.05) is 0 Å². The quantitative estimate of drug-likeness (QED) is 0.369. The summed E-state index contributed by atoms with van der Waals surface area (Å²) in [5.41, 5.74) is 0. The molecule has 1 saturated carbocycles. The Bertz CT molecular complexity index is 419. The van der Waals surface area contributed by atoms with Crippen molar-refractivity contribution in [2.75, 3.05) is 24.4 Å². The van der Waals surface area contributed by atoms with Crippen molar-refractivity contribution >= 4 is 21.2 Å². The fraction of sp³-hybridized carbons (Fsp3) is 1.00. The van der Waals surface area contributed by atoms with Crippen molar-refractivity contribution in [1.82, 2.24) is 4.72 Å². The topological polar surface area (TPSA) is 78.5 Å². The maximum atomic E-state index is 10.2. The summed E-state index contributed by atoms with van der Waals surface area (Å²) in [5.74, 6) is 2.81. The molecule has 0 radical (unpaired) electrons. The molecule has 1 heterocycles. The lowest BCUT2D eigenvalue weighted by molar-refractivity contribution is 0.102. The standard InChI is InChI=1S/C12H25OS.C6H13NO3S/c1-3-14(2)11-6-4-5-8-12-9-7-10-13-12;8-11(9,10)7-6-4-2-1-3-5-6/h12H,3-11H2,1-2H3;6-7H,1-5H2,(H,8,9,10)/q+1;/p-1. The van der Waals surface area contributed by atoms with E-state index in [9.17, 15) is 13.0 Å². The van der Waals surface area contributed by atoms with E-state index < -0.39 is 10.3 Å². The van der Waals surface area contributed by atoms with Gasteiger partial charge in [-0.15, -0.1) is 0 Å². The molecule has 0 aromatic rings. The van der Waals surface area contributed by atoms with Crippen LogP contribution in [0.25, 0.3) is 0 Å². The molecule has 25 heavy (non-hydrogen) atoms. The second-order valence-electron chi connectivity index (χ2n) is 7.17. The van der Waals surface area contributed by atoms with Crippen LogP contribution < -0.4 is 4.72 Å². The maximum absolute atomic E-state index is 10.2. The normalized spacial score (nSPS) is 23.1. The van der Waals surface area contributed by atoms with E-state index in [1.165, 1.54) is 50.0 Å². The fourth-order valence-electron chi connectivity index (χ4n) is 3.34. The number of nitrogens with one attached hydrogen (secondary N) is 1. The fourth-order valence-corrected chi connectivity index (χ4v) is 4.97. The van der Waals surface area contributed by atoms with Crippen molar-refractivity contribution in [3.8, 4) is 0 Å². The molecule has 0 aromatic carbocycles. The van der Waals surface area contributed by atoms with Crippen LogP contribution in [0, 0.1) is 0 Å². The molecule has 1 saturated heterocycles. The van der Waals surface area contributed by atoms with Gasteiger partial charge in [-0.05, 0) is 62.8 Å². The average Bonchev–Trinajstić information content (AvgIpc) is 3.07. The Morgan fingerprint density at radius 1 is 1.08 bits per heavy atom. The monoisotopic (exact) mass is 395 g/mol. The molecular formula is C18H37NO4S2. The maximum Gasteiger partial charge on any atom is 0.159 e. The Hall–Kier alpha value is 0.180. The van der Waals surface area contributed by atoms with Crippen LogP contribution in [0.4, 0.5) is 0 Å². The third-order valence-electron chi connectivity index (χ3n) is 4.95. The average molecular weight is 396 g/mol. The lowest BCUT2D eigenvalue weighted by Crippen LogP contribution is -2.35. The van der Waals surface area contributed by atoms with E-state index in [0.717, 1.165) is 38.7 Å². The molecule has 2 atom stereocenters. The second kappa shape index (κ2) is 13.4. The summed E-state index contributed by atoms with van der Waals surface area (Å²) < 4.78 is 38.4. The van der Waals surface area contributed by atoms with Gasteiger partial charge in [0.05, 0.1) is 12.4 Å². The number of hydrogen-bond acceptors (Lipinski definition) is 4. The largest absolute Gasteiger partial charge is 0.735 e. The molecule has 2 fully saturated rings. The first-order valence-corrected chi connectivity index (χ1v) is 13.2. The molecule has 2 aliphatic rings. The third kappa shape index (κ3) is 13.1. The van der Waals surface area contributed by atoms with Gasteiger partial charge >= 0.3 is 0 Å². The van der Waals surface area contributed by atoms with Gasteiger partial charge in [0.25, 0.3) is 0 Å². The van der Waals surface area contributed by atoms with Crippen LogP contribution in [0.15, 0.2) is 0 Å². The van der Waals surface area contributed by atoms with Gasteiger partial charge in [-0.1, -0.05) is 25.7 Å². The zero-order chi connectivity index (χ0) is 18.5. The minimum Gasteiger partial charge on any atom is -0.735 e. The molecule has 2 unspecified atom stereocenters. The van der Waals surface area contributed by atoms with Crippen LogP contribution in [-0.2, 0) is 25.9 Å². The summed E-state index contributed by atoms with van der Waals surface area (Å²) in [6.45, 7) is 3.31. The van der Waals surface area contributed by atoms with E-state index in [4.69, 9.17) is 4.74 Å². The highest BCUT2D eigenvalue weighted by Crippen LogP contribution is 2.18. The number of hydrogen-bond donors (Lipinski definition) is 1. The van der Waals surface area contributed by atoms with E-state index in [1.54, 1.807) is 0 Å². The summed E-state index contributed by atoms with van der Waals surface area (Å²) >= 11 is 0. The van der Waals surface area contributed by atoms with Gasteiger partial charge in [-0.2, -0.15) is 0 Å². The first-order valence-electron chi connectivity index (χ1n) is 9.84. The van der Waals surface area contributed by atoms with Crippen LogP contribution in [0.1, 0.15) is 77.6 Å².